The molecule has 0 spiro atoms. The number of nitriles is 1. The molecule has 1 saturated heterocycles. The molecule has 112 valence electrons. The first-order valence-electron chi connectivity index (χ1n) is 7.24. The van der Waals surface area contributed by atoms with Crippen molar-refractivity contribution in [3.8, 4) is 6.07 Å². The number of hydrogen-bond donors (Lipinski definition) is 1. The number of nitrogens with zero attached hydrogens (tertiary/aromatic N) is 2. The highest BCUT2D eigenvalue weighted by molar-refractivity contribution is 5.90. The number of carbonyl (C=O) groups excluding carboxylic acids is 1. The number of anilines is 1. The molecular weight excluding hydrogens is 266 g/mol. The van der Waals surface area contributed by atoms with Crippen molar-refractivity contribution in [2.45, 2.75) is 32.5 Å². The number of carbonyl (C=O) groups is 1. The molecule has 2 atom stereocenters. The molecular formula is C16H21N3O2. The number of nitrogens with one attached hydrogen (secondary N) is 1. The van der Waals surface area contributed by atoms with E-state index >= 15 is 0 Å². The number of ether oxygens (including phenoxy) is 1. The molecule has 0 unspecified atom stereocenters. The largest absolute Gasteiger partial charge is 0.373 e. The van der Waals surface area contributed by atoms with Crippen molar-refractivity contribution in [3.05, 3.63) is 29.8 Å². The smallest absolute Gasteiger partial charge is 0.225 e. The third-order valence-corrected chi connectivity index (χ3v) is 3.43. The van der Waals surface area contributed by atoms with Gasteiger partial charge in [-0.3, -0.25) is 9.69 Å². The number of morpholine rings is 1. The van der Waals surface area contributed by atoms with Gasteiger partial charge >= 0.3 is 0 Å². The monoisotopic (exact) mass is 287 g/mol. The van der Waals surface area contributed by atoms with E-state index in [0.29, 0.717) is 17.7 Å². The number of rotatable bonds is 4. The molecule has 1 aliphatic rings. The Hall–Kier alpha value is -1.90. The predicted molar refractivity (Wildman–Crippen MR) is 80.9 cm³/mol. The number of benzene rings is 1. The van der Waals surface area contributed by atoms with E-state index in [1.54, 1.807) is 24.3 Å². The van der Waals surface area contributed by atoms with Gasteiger partial charge in [0.2, 0.25) is 5.91 Å². The van der Waals surface area contributed by atoms with Crippen LogP contribution in [0.25, 0.3) is 0 Å². The van der Waals surface area contributed by atoms with Gasteiger partial charge < -0.3 is 10.1 Å². The van der Waals surface area contributed by atoms with Gasteiger partial charge in [-0.1, -0.05) is 6.07 Å². The molecule has 1 aromatic carbocycles. The molecule has 1 aromatic rings. The Kier molecular flexibility index (Phi) is 5.32. The van der Waals surface area contributed by atoms with Gasteiger partial charge in [-0.05, 0) is 32.0 Å². The molecule has 1 fully saturated rings. The lowest BCUT2D eigenvalue weighted by Gasteiger charge is -2.35. The maximum atomic E-state index is 12.0. The summed E-state index contributed by atoms with van der Waals surface area (Å²) in [6.45, 7) is 6.55. The maximum Gasteiger partial charge on any atom is 0.225 e. The van der Waals surface area contributed by atoms with E-state index in [-0.39, 0.29) is 18.1 Å². The maximum absolute atomic E-state index is 12.0. The quantitative estimate of drug-likeness (QED) is 0.920. The highest BCUT2D eigenvalue weighted by atomic mass is 16.5. The average Bonchev–Trinajstić information content (AvgIpc) is 2.44. The Morgan fingerprint density at radius 3 is 2.81 bits per heavy atom. The fraction of sp³-hybridized carbons (Fsp3) is 0.500. The summed E-state index contributed by atoms with van der Waals surface area (Å²) in [6.07, 6.45) is 0.865. The third-order valence-electron chi connectivity index (χ3n) is 3.43. The minimum Gasteiger partial charge on any atom is -0.373 e. The molecule has 2 rings (SSSR count). The van der Waals surface area contributed by atoms with E-state index in [9.17, 15) is 4.79 Å². The molecule has 0 saturated carbocycles. The van der Waals surface area contributed by atoms with E-state index in [1.807, 2.05) is 0 Å². The molecule has 5 heteroatoms. The molecule has 1 amide bonds. The molecule has 1 N–H and O–H groups in total. The van der Waals surface area contributed by atoms with Gasteiger partial charge in [-0.15, -0.1) is 0 Å². The number of hydrogen-bond acceptors (Lipinski definition) is 4. The topological polar surface area (TPSA) is 65.4 Å². The normalized spacial score (nSPS) is 22.5. The van der Waals surface area contributed by atoms with E-state index < -0.39 is 0 Å². The lowest BCUT2D eigenvalue weighted by Crippen LogP contribution is -2.46. The summed E-state index contributed by atoms with van der Waals surface area (Å²) >= 11 is 0. The second-order valence-electron chi connectivity index (χ2n) is 5.51. The van der Waals surface area contributed by atoms with Gasteiger partial charge in [0.05, 0.1) is 23.8 Å². The van der Waals surface area contributed by atoms with E-state index in [2.05, 4.69) is 30.1 Å². The van der Waals surface area contributed by atoms with Crippen LogP contribution in [0.2, 0.25) is 0 Å². The van der Waals surface area contributed by atoms with Gasteiger partial charge in [0.15, 0.2) is 0 Å². The van der Waals surface area contributed by atoms with Crippen molar-refractivity contribution in [2.24, 2.45) is 0 Å². The first kappa shape index (κ1) is 15.5. The van der Waals surface area contributed by atoms with Crippen LogP contribution in [-0.2, 0) is 9.53 Å². The van der Waals surface area contributed by atoms with Crippen molar-refractivity contribution in [1.29, 1.82) is 5.26 Å². The molecule has 0 radical (unpaired) electrons. The zero-order chi connectivity index (χ0) is 15.2. The molecule has 0 aliphatic carbocycles. The standard InChI is InChI=1S/C16H21N3O2/c1-12-10-19(11-13(2)21-12)7-6-16(20)18-15-5-3-4-14(8-15)9-17/h3-5,8,12-13H,6-7,10-11H2,1-2H3,(H,18,20)/t12-,13+. The van der Waals surface area contributed by atoms with E-state index in [4.69, 9.17) is 10.00 Å². The predicted octanol–water partition coefficient (Wildman–Crippen LogP) is 2.00. The van der Waals surface area contributed by atoms with Crippen LogP contribution in [0.3, 0.4) is 0 Å². The van der Waals surface area contributed by atoms with Gasteiger partial charge in [-0.2, -0.15) is 5.26 Å². The van der Waals surface area contributed by atoms with Crippen molar-refractivity contribution in [2.75, 3.05) is 25.0 Å². The Morgan fingerprint density at radius 2 is 2.14 bits per heavy atom. The van der Waals surface area contributed by atoms with Crippen LogP contribution in [0.4, 0.5) is 5.69 Å². The highest BCUT2D eigenvalue weighted by Gasteiger charge is 2.22. The minimum absolute atomic E-state index is 0.0307. The number of amides is 1. The Balaban J connectivity index is 1.80. The molecule has 0 aromatic heterocycles. The second-order valence-corrected chi connectivity index (χ2v) is 5.51. The van der Waals surface area contributed by atoms with Gasteiger partial charge in [0.25, 0.3) is 0 Å². The van der Waals surface area contributed by atoms with Gasteiger partial charge in [-0.25, -0.2) is 0 Å². The highest BCUT2D eigenvalue weighted by Crippen LogP contribution is 2.12. The molecule has 0 bridgehead atoms. The Bertz CT molecular complexity index is 529. The first-order chi connectivity index (χ1) is 10.1. The van der Waals surface area contributed by atoms with Crippen LogP contribution in [0.1, 0.15) is 25.8 Å². The molecule has 5 nitrogen and oxygen atoms in total. The Morgan fingerprint density at radius 1 is 1.43 bits per heavy atom. The molecule has 1 heterocycles. The minimum atomic E-state index is -0.0307. The average molecular weight is 287 g/mol. The zero-order valence-corrected chi connectivity index (χ0v) is 12.5. The van der Waals surface area contributed by atoms with Crippen LogP contribution >= 0.6 is 0 Å². The lowest BCUT2D eigenvalue weighted by atomic mass is 10.2. The summed E-state index contributed by atoms with van der Waals surface area (Å²) < 4.78 is 5.67. The van der Waals surface area contributed by atoms with Crippen molar-refractivity contribution < 1.29 is 9.53 Å². The van der Waals surface area contributed by atoms with Crippen LogP contribution in [0.15, 0.2) is 24.3 Å². The lowest BCUT2D eigenvalue weighted by molar-refractivity contribution is -0.117. The van der Waals surface area contributed by atoms with Crippen LogP contribution in [-0.4, -0.2) is 42.6 Å². The van der Waals surface area contributed by atoms with E-state index in [1.165, 1.54) is 0 Å². The molecule has 1 aliphatic heterocycles. The van der Waals surface area contributed by atoms with Gasteiger partial charge in [0, 0.05) is 31.7 Å². The summed E-state index contributed by atoms with van der Waals surface area (Å²) in [5.41, 5.74) is 1.21. The van der Waals surface area contributed by atoms with Crippen molar-refractivity contribution >= 4 is 11.6 Å². The van der Waals surface area contributed by atoms with Crippen LogP contribution in [0, 0.1) is 11.3 Å². The van der Waals surface area contributed by atoms with Gasteiger partial charge in [0.1, 0.15) is 0 Å². The third kappa shape index (κ3) is 4.85. The Labute approximate surface area is 125 Å². The summed E-state index contributed by atoms with van der Waals surface area (Å²) in [7, 11) is 0. The van der Waals surface area contributed by atoms with Crippen molar-refractivity contribution in [1.82, 2.24) is 4.90 Å². The summed E-state index contributed by atoms with van der Waals surface area (Å²) in [4.78, 5) is 14.2. The fourth-order valence-electron chi connectivity index (χ4n) is 2.62. The zero-order valence-electron chi connectivity index (χ0n) is 12.5. The van der Waals surface area contributed by atoms with Crippen LogP contribution in [0.5, 0.6) is 0 Å². The summed E-state index contributed by atoms with van der Waals surface area (Å²) in [6, 6.07) is 9.01. The summed E-state index contributed by atoms with van der Waals surface area (Å²) in [5.74, 6) is -0.0307. The molecule has 21 heavy (non-hydrogen) atoms. The van der Waals surface area contributed by atoms with Crippen LogP contribution < -0.4 is 5.32 Å². The second kappa shape index (κ2) is 7.21. The van der Waals surface area contributed by atoms with Crippen molar-refractivity contribution in [3.63, 3.8) is 0 Å². The fourth-order valence-corrected chi connectivity index (χ4v) is 2.62. The first-order valence-corrected chi connectivity index (χ1v) is 7.24. The summed E-state index contributed by atoms with van der Waals surface area (Å²) in [5, 5.41) is 11.7. The van der Waals surface area contributed by atoms with E-state index in [0.717, 1.165) is 19.6 Å². The SMILES string of the molecule is C[C@@H]1CN(CCC(=O)Nc2cccc(C#N)c2)C[C@H](C)O1.